The Morgan fingerprint density at radius 3 is 2.50 bits per heavy atom. The fourth-order valence-electron chi connectivity index (χ4n) is 3.60. The van der Waals surface area contributed by atoms with Gasteiger partial charge in [-0.25, -0.2) is 0 Å². The number of halogens is 1. The van der Waals surface area contributed by atoms with Crippen LogP contribution in [0.4, 0.5) is 5.69 Å². The van der Waals surface area contributed by atoms with Gasteiger partial charge in [0.2, 0.25) is 0 Å². The van der Waals surface area contributed by atoms with Gasteiger partial charge >= 0.3 is 0 Å². The number of hydrogen-bond donors (Lipinski definition) is 2. The molecule has 1 heterocycles. The average Bonchev–Trinajstić information content (AvgIpc) is 2.82. The molecule has 0 aliphatic carbocycles. The van der Waals surface area contributed by atoms with E-state index in [0.29, 0.717) is 37.8 Å². The molecule has 3 rings (SSSR count). The second kappa shape index (κ2) is 13.2. The van der Waals surface area contributed by atoms with E-state index in [1.807, 2.05) is 12.1 Å². The monoisotopic (exact) mass is 555 g/mol. The van der Waals surface area contributed by atoms with Gasteiger partial charge < -0.3 is 20.1 Å². The van der Waals surface area contributed by atoms with Crippen LogP contribution in [0, 0.1) is 10.1 Å². The quantitative estimate of drug-likeness (QED) is 0.170. The van der Waals surface area contributed by atoms with E-state index in [1.54, 1.807) is 32.4 Å². The minimum atomic E-state index is -0.370. The summed E-state index contributed by atoms with van der Waals surface area (Å²) in [5.41, 5.74) is 1.87. The second-order valence-electron chi connectivity index (χ2n) is 7.13. The molecule has 2 aromatic carbocycles. The molecule has 174 valence electrons. The van der Waals surface area contributed by atoms with Crippen LogP contribution in [-0.4, -0.2) is 62.8 Å². The lowest BCUT2D eigenvalue weighted by molar-refractivity contribution is -0.385. The number of benzene rings is 2. The molecule has 0 amide bonds. The standard InChI is InChI=1S/C22H29N5O4.HI/c1-23-22(24-15-18-5-3-4-6-20(18)27(28)29)25-16-21(26-11-13-31-14-12-26)17-7-9-19(30-2)10-8-17;/h3-10,21H,11-16H2,1-2H3,(H2,23,24,25);1H. The number of nitro groups is 1. The molecule has 0 aromatic heterocycles. The Bertz CT molecular complexity index is 888. The average molecular weight is 555 g/mol. The third kappa shape index (κ3) is 7.04. The molecule has 1 atom stereocenters. The van der Waals surface area contributed by atoms with E-state index in [9.17, 15) is 10.1 Å². The highest BCUT2D eigenvalue weighted by atomic mass is 127. The highest BCUT2D eigenvalue weighted by molar-refractivity contribution is 14.0. The molecule has 9 nitrogen and oxygen atoms in total. The van der Waals surface area contributed by atoms with E-state index >= 15 is 0 Å². The van der Waals surface area contributed by atoms with Gasteiger partial charge in [0.15, 0.2) is 5.96 Å². The van der Waals surface area contributed by atoms with Crippen LogP contribution in [-0.2, 0) is 11.3 Å². The largest absolute Gasteiger partial charge is 0.497 e. The van der Waals surface area contributed by atoms with Gasteiger partial charge in [0.05, 0.1) is 31.3 Å². The van der Waals surface area contributed by atoms with Crippen molar-refractivity contribution in [3.05, 3.63) is 69.8 Å². The van der Waals surface area contributed by atoms with E-state index < -0.39 is 0 Å². The van der Waals surface area contributed by atoms with Crippen LogP contribution in [0.2, 0.25) is 0 Å². The molecule has 32 heavy (non-hydrogen) atoms. The van der Waals surface area contributed by atoms with Crippen molar-refractivity contribution in [2.45, 2.75) is 12.6 Å². The first-order valence-electron chi connectivity index (χ1n) is 10.2. The summed E-state index contributed by atoms with van der Waals surface area (Å²) >= 11 is 0. The van der Waals surface area contributed by atoms with E-state index in [4.69, 9.17) is 9.47 Å². The maximum Gasteiger partial charge on any atom is 0.274 e. The highest BCUT2D eigenvalue weighted by Gasteiger charge is 2.23. The minimum Gasteiger partial charge on any atom is -0.497 e. The van der Waals surface area contributed by atoms with E-state index in [1.165, 1.54) is 11.6 Å². The Morgan fingerprint density at radius 2 is 1.88 bits per heavy atom. The number of aliphatic imine (C=N–C) groups is 1. The van der Waals surface area contributed by atoms with Crippen molar-refractivity contribution in [2.75, 3.05) is 47.0 Å². The van der Waals surface area contributed by atoms with E-state index in [-0.39, 0.29) is 40.6 Å². The van der Waals surface area contributed by atoms with Crippen LogP contribution in [0.5, 0.6) is 5.75 Å². The fourth-order valence-corrected chi connectivity index (χ4v) is 3.60. The summed E-state index contributed by atoms with van der Waals surface area (Å²) in [6.45, 7) is 4.04. The Hall–Kier alpha value is -2.44. The van der Waals surface area contributed by atoms with Gasteiger partial charge in [-0.3, -0.25) is 20.0 Å². The summed E-state index contributed by atoms with van der Waals surface area (Å²) < 4.78 is 10.8. The Balaban J connectivity index is 0.00000363. The number of guanidine groups is 1. The van der Waals surface area contributed by atoms with Gasteiger partial charge in [0, 0.05) is 44.9 Å². The molecule has 0 radical (unpaired) electrons. The topological polar surface area (TPSA) is 101 Å². The molecule has 1 aliphatic rings. The van der Waals surface area contributed by atoms with E-state index in [2.05, 4.69) is 32.7 Å². The molecule has 10 heteroatoms. The zero-order valence-corrected chi connectivity index (χ0v) is 20.7. The van der Waals surface area contributed by atoms with Crippen molar-refractivity contribution in [3.8, 4) is 5.75 Å². The first kappa shape index (κ1) is 25.8. The predicted octanol–water partition coefficient (Wildman–Crippen LogP) is 2.96. The zero-order chi connectivity index (χ0) is 22.1. The number of methoxy groups -OCH3 is 1. The number of nitrogens with one attached hydrogen (secondary N) is 2. The van der Waals surface area contributed by atoms with Gasteiger partial charge in [-0.2, -0.15) is 0 Å². The Kier molecular flexibility index (Phi) is 10.6. The van der Waals surface area contributed by atoms with Crippen molar-refractivity contribution >= 4 is 35.6 Å². The number of morpholine rings is 1. The smallest absolute Gasteiger partial charge is 0.274 e. The lowest BCUT2D eigenvalue weighted by Crippen LogP contribution is -2.46. The summed E-state index contributed by atoms with van der Waals surface area (Å²) in [5, 5.41) is 17.8. The number of nitro benzene ring substituents is 1. The van der Waals surface area contributed by atoms with Crippen molar-refractivity contribution in [3.63, 3.8) is 0 Å². The Labute approximate surface area is 205 Å². The van der Waals surface area contributed by atoms with Crippen LogP contribution in [0.3, 0.4) is 0 Å². The predicted molar refractivity (Wildman–Crippen MR) is 135 cm³/mol. The minimum absolute atomic E-state index is 0. The molecule has 1 unspecified atom stereocenters. The third-order valence-corrected chi connectivity index (χ3v) is 5.31. The molecule has 2 aromatic rings. The van der Waals surface area contributed by atoms with Gasteiger partial charge in [0.25, 0.3) is 5.69 Å². The van der Waals surface area contributed by atoms with E-state index in [0.717, 1.165) is 18.8 Å². The maximum atomic E-state index is 11.2. The molecule has 1 fully saturated rings. The summed E-state index contributed by atoms with van der Waals surface area (Å²) in [5.74, 6) is 1.41. The number of para-hydroxylation sites is 1. The summed E-state index contributed by atoms with van der Waals surface area (Å²) in [6.07, 6.45) is 0. The normalized spacial score (nSPS) is 15.4. The van der Waals surface area contributed by atoms with Crippen molar-refractivity contribution < 1.29 is 14.4 Å². The van der Waals surface area contributed by atoms with Crippen molar-refractivity contribution in [1.82, 2.24) is 15.5 Å². The molecule has 1 saturated heterocycles. The maximum absolute atomic E-state index is 11.2. The number of rotatable bonds is 8. The Morgan fingerprint density at radius 1 is 1.19 bits per heavy atom. The van der Waals surface area contributed by atoms with Gasteiger partial charge in [-0.1, -0.05) is 30.3 Å². The number of nitrogens with zero attached hydrogens (tertiary/aromatic N) is 3. The third-order valence-electron chi connectivity index (χ3n) is 5.31. The SMILES string of the molecule is CN=C(NCc1ccccc1[N+](=O)[O-])NCC(c1ccc(OC)cc1)N1CCOCC1.I. The van der Waals surface area contributed by atoms with Crippen molar-refractivity contribution in [2.24, 2.45) is 4.99 Å². The van der Waals surface area contributed by atoms with Crippen LogP contribution < -0.4 is 15.4 Å². The molecule has 0 bridgehead atoms. The molecule has 1 aliphatic heterocycles. The van der Waals surface area contributed by atoms with Crippen LogP contribution in [0.1, 0.15) is 17.2 Å². The van der Waals surface area contributed by atoms with Gasteiger partial charge in [-0.05, 0) is 17.7 Å². The summed E-state index contributed by atoms with van der Waals surface area (Å²) in [6, 6.07) is 14.9. The first-order chi connectivity index (χ1) is 15.1. The van der Waals surface area contributed by atoms with Gasteiger partial charge in [0.1, 0.15) is 5.75 Å². The summed E-state index contributed by atoms with van der Waals surface area (Å²) in [7, 11) is 3.34. The molecule has 0 spiro atoms. The highest BCUT2D eigenvalue weighted by Crippen LogP contribution is 2.24. The van der Waals surface area contributed by atoms with Crippen molar-refractivity contribution in [1.29, 1.82) is 0 Å². The van der Waals surface area contributed by atoms with Gasteiger partial charge in [-0.15, -0.1) is 24.0 Å². The molecule has 0 saturated carbocycles. The second-order valence-corrected chi connectivity index (χ2v) is 7.13. The number of hydrogen-bond acceptors (Lipinski definition) is 6. The lowest BCUT2D eigenvalue weighted by Gasteiger charge is -2.35. The molecule has 2 N–H and O–H groups in total. The van der Waals surface area contributed by atoms with Crippen LogP contribution in [0.25, 0.3) is 0 Å². The first-order valence-corrected chi connectivity index (χ1v) is 10.2. The van der Waals surface area contributed by atoms with Crippen LogP contribution >= 0.6 is 24.0 Å². The van der Waals surface area contributed by atoms with Crippen LogP contribution in [0.15, 0.2) is 53.5 Å². The summed E-state index contributed by atoms with van der Waals surface area (Å²) in [4.78, 5) is 17.5. The zero-order valence-electron chi connectivity index (χ0n) is 18.3. The number of ether oxygens (including phenoxy) is 2. The molecular weight excluding hydrogens is 525 g/mol. The fraction of sp³-hybridized carbons (Fsp3) is 0.409. The molecular formula is C22H30IN5O4. The lowest BCUT2D eigenvalue weighted by atomic mass is 10.0.